The van der Waals surface area contributed by atoms with Gasteiger partial charge in [0.05, 0.1) is 12.2 Å². The number of rotatable bonds is 4. The van der Waals surface area contributed by atoms with Gasteiger partial charge < -0.3 is 9.47 Å². The third-order valence-corrected chi connectivity index (χ3v) is 7.01. The molecule has 2 aliphatic heterocycles. The summed E-state index contributed by atoms with van der Waals surface area (Å²) in [5.41, 5.74) is 0.793. The van der Waals surface area contributed by atoms with Crippen LogP contribution in [-0.2, 0) is 9.47 Å². The zero-order valence-corrected chi connectivity index (χ0v) is 16.1. The smallest absolute Gasteiger partial charge is 0.0628 e. The van der Waals surface area contributed by atoms with E-state index in [4.69, 9.17) is 9.47 Å². The molecule has 1 saturated carbocycles. The lowest BCUT2D eigenvalue weighted by Crippen LogP contribution is -2.42. The van der Waals surface area contributed by atoms with Gasteiger partial charge in [0.1, 0.15) is 0 Å². The molecule has 2 nitrogen and oxygen atoms in total. The lowest BCUT2D eigenvalue weighted by Gasteiger charge is -2.45. The van der Waals surface area contributed by atoms with Crippen LogP contribution in [0.4, 0.5) is 0 Å². The maximum Gasteiger partial charge on any atom is 0.0628 e. The summed E-state index contributed by atoms with van der Waals surface area (Å²) in [6.07, 6.45) is 10.2. The first-order valence-corrected chi connectivity index (χ1v) is 10.1. The molecule has 0 aromatic heterocycles. The molecule has 3 rings (SSSR count). The minimum absolute atomic E-state index is 0.270. The lowest BCUT2D eigenvalue weighted by atomic mass is 9.67. The van der Waals surface area contributed by atoms with Crippen LogP contribution in [0.5, 0.6) is 0 Å². The molecule has 0 amide bonds. The molecule has 23 heavy (non-hydrogen) atoms. The summed E-state index contributed by atoms with van der Waals surface area (Å²) in [6, 6.07) is 0. The van der Waals surface area contributed by atoms with Crippen molar-refractivity contribution in [1.82, 2.24) is 0 Å². The standard InChI is InChI=1S/C21H38O2/c1-6-21(8-10-23-19(14-21)20(3,4)5)13-16-12-17(16)18-11-15(2)7-9-22-18/h15-19H,6-14H2,1-5H3/t15-,16?,17?,18+,19?,21?/m0/s1. The van der Waals surface area contributed by atoms with Crippen LogP contribution in [-0.4, -0.2) is 25.4 Å². The van der Waals surface area contributed by atoms with Gasteiger partial charge in [-0.15, -0.1) is 0 Å². The normalized spacial score (nSPS) is 45.0. The minimum atomic E-state index is 0.270. The molecule has 0 N–H and O–H groups in total. The van der Waals surface area contributed by atoms with Crippen LogP contribution in [0.1, 0.15) is 79.6 Å². The molecule has 0 spiro atoms. The molecule has 3 fully saturated rings. The SMILES string of the molecule is CCC1(CC2CC2[C@H]2C[C@@H](C)CCO2)CCOC(C(C)(C)C)C1. The zero-order valence-electron chi connectivity index (χ0n) is 16.1. The molecule has 2 heteroatoms. The molecule has 0 radical (unpaired) electrons. The molecule has 2 heterocycles. The van der Waals surface area contributed by atoms with Gasteiger partial charge in [0.2, 0.25) is 0 Å². The van der Waals surface area contributed by atoms with Crippen LogP contribution in [0.25, 0.3) is 0 Å². The van der Waals surface area contributed by atoms with Crippen molar-refractivity contribution in [2.24, 2.45) is 28.6 Å². The van der Waals surface area contributed by atoms with Crippen molar-refractivity contribution in [1.29, 1.82) is 0 Å². The Hall–Kier alpha value is -0.0800. The van der Waals surface area contributed by atoms with Gasteiger partial charge in [0.15, 0.2) is 0 Å². The molecule has 0 aromatic rings. The van der Waals surface area contributed by atoms with Crippen LogP contribution in [0.15, 0.2) is 0 Å². The highest BCUT2D eigenvalue weighted by Crippen LogP contribution is 2.55. The Bertz CT molecular complexity index is 399. The number of ether oxygens (including phenoxy) is 2. The van der Waals surface area contributed by atoms with E-state index in [1.165, 1.54) is 44.9 Å². The molecule has 134 valence electrons. The van der Waals surface area contributed by atoms with Gasteiger partial charge in [-0.1, -0.05) is 41.0 Å². The molecule has 0 bridgehead atoms. The molecule has 1 aliphatic carbocycles. The Morgan fingerprint density at radius 1 is 1.09 bits per heavy atom. The molecule has 3 aliphatic rings. The van der Waals surface area contributed by atoms with Crippen LogP contribution in [0.2, 0.25) is 0 Å². The fourth-order valence-corrected chi connectivity index (χ4v) is 5.00. The van der Waals surface area contributed by atoms with E-state index in [1.807, 2.05) is 0 Å². The van der Waals surface area contributed by atoms with Crippen molar-refractivity contribution >= 4 is 0 Å². The van der Waals surface area contributed by atoms with Gasteiger partial charge in [0, 0.05) is 13.2 Å². The summed E-state index contributed by atoms with van der Waals surface area (Å²) in [4.78, 5) is 0. The Labute approximate surface area is 143 Å². The van der Waals surface area contributed by atoms with E-state index < -0.39 is 0 Å². The molecule has 0 aromatic carbocycles. The van der Waals surface area contributed by atoms with Crippen molar-refractivity contribution < 1.29 is 9.47 Å². The monoisotopic (exact) mass is 322 g/mol. The summed E-state index contributed by atoms with van der Waals surface area (Å²) in [7, 11) is 0. The molecular weight excluding hydrogens is 284 g/mol. The van der Waals surface area contributed by atoms with E-state index in [-0.39, 0.29) is 5.41 Å². The van der Waals surface area contributed by atoms with Gasteiger partial charge >= 0.3 is 0 Å². The second-order valence-corrected chi connectivity index (χ2v) is 9.94. The summed E-state index contributed by atoms with van der Waals surface area (Å²) < 4.78 is 12.2. The summed E-state index contributed by atoms with van der Waals surface area (Å²) in [5, 5.41) is 0. The first kappa shape index (κ1) is 17.7. The highest BCUT2D eigenvalue weighted by molar-refractivity contribution is 4.99. The highest BCUT2D eigenvalue weighted by atomic mass is 16.5. The van der Waals surface area contributed by atoms with Crippen LogP contribution in [0, 0.1) is 28.6 Å². The van der Waals surface area contributed by atoms with Crippen molar-refractivity contribution in [2.45, 2.75) is 91.8 Å². The zero-order chi connectivity index (χ0) is 16.7. The van der Waals surface area contributed by atoms with Gasteiger partial charge in [-0.25, -0.2) is 0 Å². The average molecular weight is 323 g/mol. The number of hydrogen-bond donors (Lipinski definition) is 0. The minimum Gasteiger partial charge on any atom is -0.378 e. The van der Waals surface area contributed by atoms with Gasteiger partial charge in [-0.3, -0.25) is 0 Å². The van der Waals surface area contributed by atoms with Crippen LogP contribution >= 0.6 is 0 Å². The first-order chi connectivity index (χ1) is 10.8. The fraction of sp³-hybridized carbons (Fsp3) is 1.00. The van der Waals surface area contributed by atoms with Crippen molar-refractivity contribution in [3.8, 4) is 0 Å². The Balaban J connectivity index is 1.57. The summed E-state index contributed by atoms with van der Waals surface area (Å²) in [6.45, 7) is 13.8. The van der Waals surface area contributed by atoms with E-state index in [9.17, 15) is 0 Å². The van der Waals surface area contributed by atoms with Gasteiger partial charge in [0.25, 0.3) is 0 Å². The molecular formula is C21H38O2. The topological polar surface area (TPSA) is 18.5 Å². The molecule has 2 saturated heterocycles. The van der Waals surface area contributed by atoms with Crippen molar-refractivity contribution in [3.05, 3.63) is 0 Å². The van der Waals surface area contributed by atoms with E-state index in [0.29, 0.717) is 17.6 Å². The van der Waals surface area contributed by atoms with E-state index in [2.05, 4.69) is 34.6 Å². The third kappa shape index (κ3) is 4.12. The Morgan fingerprint density at radius 3 is 2.52 bits per heavy atom. The Kier molecular flexibility index (Phi) is 5.14. The quantitative estimate of drug-likeness (QED) is 0.685. The number of hydrogen-bond acceptors (Lipinski definition) is 2. The largest absolute Gasteiger partial charge is 0.378 e. The maximum absolute atomic E-state index is 6.13. The predicted octanol–water partition coefficient (Wildman–Crippen LogP) is 5.45. The van der Waals surface area contributed by atoms with E-state index in [1.54, 1.807) is 0 Å². The predicted molar refractivity (Wildman–Crippen MR) is 95.5 cm³/mol. The van der Waals surface area contributed by atoms with Crippen molar-refractivity contribution in [3.63, 3.8) is 0 Å². The summed E-state index contributed by atoms with van der Waals surface area (Å²) >= 11 is 0. The van der Waals surface area contributed by atoms with Crippen LogP contribution in [0.3, 0.4) is 0 Å². The second kappa shape index (κ2) is 6.67. The maximum atomic E-state index is 6.13. The van der Waals surface area contributed by atoms with Gasteiger partial charge in [-0.2, -0.15) is 0 Å². The van der Waals surface area contributed by atoms with E-state index in [0.717, 1.165) is 31.0 Å². The molecule has 4 unspecified atom stereocenters. The lowest BCUT2D eigenvalue weighted by molar-refractivity contribution is -0.103. The van der Waals surface area contributed by atoms with Crippen LogP contribution < -0.4 is 0 Å². The summed E-state index contributed by atoms with van der Waals surface area (Å²) in [5.74, 6) is 2.64. The first-order valence-electron chi connectivity index (χ1n) is 10.1. The average Bonchev–Trinajstić information content (AvgIpc) is 3.25. The highest BCUT2D eigenvalue weighted by Gasteiger charge is 2.50. The fourth-order valence-electron chi connectivity index (χ4n) is 5.00. The third-order valence-electron chi connectivity index (χ3n) is 7.01. The molecule has 6 atom stereocenters. The van der Waals surface area contributed by atoms with E-state index >= 15 is 0 Å². The Morgan fingerprint density at radius 2 is 1.87 bits per heavy atom. The van der Waals surface area contributed by atoms with Gasteiger partial charge in [-0.05, 0) is 67.1 Å². The second-order valence-electron chi connectivity index (χ2n) is 9.94. The van der Waals surface area contributed by atoms with Crippen molar-refractivity contribution in [2.75, 3.05) is 13.2 Å².